The van der Waals surface area contributed by atoms with Gasteiger partial charge in [0.2, 0.25) is 0 Å². The van der Waals surface area contributed by atoms with Crippen LogP contribution >= 0.6 is 0 Å². The minimum Gasteiger partial charge on any atom is -0.310 e. The molecular formula is C19H30FN. The lowest BCUT2D eigenvalue weighted by atomic mass is 9.73. The highest BCUT2D eigenvalue weighted by Crippen LogP contribution is 2.40. The van der Waals surface area contributed by atoms with E-state index in [9.17, 15) is 4.39 Å². The highest BCUT2D eigenvalue weighted by atomic mass is 19.1. The number of hydrogen-bond acceptors (Lipinski definition) is 1. The molecule has 1 unspecified atom stereocenters. The summed E-state index contributed by atoms with van der Waals surface area (Å²) in [5.74, 6) is 2.24. The van der Waals surface area contributed by atoms with Crippen molar-refractivity contribution in [3.63, 3.8) is 0 Å². The van der Waals surface area contributed by atoms with E-state index in [1.807, 2.05) is 13.0 Å². The summed E-state index contributed by atoms with van der Waals surface area (Å²) in [5, 5.41) is 3.65. The lowest BCUT2D eigenvalue weighted by Crippen LogP contribution is -2.32. The molecule has 0 spiro atoms. The Bertz CT molecular complexity index is 447. The Morgan fingerprint density at radius 2 is 1.76 bits per heavy atom. The molecule has 1 atom stereocenters. The number of nitrogens with one attached hydrogen (secondary N) is 1. The Kier molecular flexibility index (Phi) is 5.80. The normalized spacial score (nSPS) is 24.3. The maximum absolute atomic E-state index is 13.4. The second kappa shape index (κ2) is 7.40. The first kappa shape index (κ1) is 16.5. The molecule has 2 heteroatoms. The van der Waals surface area contributed by atoms with Gasteiger partial charge < -0.3 is 5.32 Å². The van der Waals surface area contributed by atoms with Gasteiger partial charge in [-0.3, -0.25) is 0 Å². The van der Waals surface area contributed by atoms with E-state index in [1.54, 1.807) is 12.1 Å². The number of halogens is 1. The fourth-order valence-corrected chi connectivity index (χ4v) is 3.88. The third-order valence-electron chi connectivity index (χ3n) is 5.22. The average molecular weight is 291 g/mol. The smallest absolute Gasteiger partial charge is 0.123 e. The molecule has 1 nitrogen and oxygen atoms in total. The summed E-state index contributed by atoms with van der Waals surface area (Å²) in [6.45, 7) is 9.84. The molecule has 21 heavy (non-hydrogen) atoms. The number of aryl methyl sites for hydroxylation is 1. The van der Waals surface area contributed by atoms with Crippen molar-refractivity contribution >= 4 is 0 Å². The summed E-state index contributed by atoms with van der Waals surface area (Å²) in [5.41, 5.74) is 2.36. The van der Waals surface area contributed by atoms with Crippen LogP contribution in [0.4, 0.5) is 4.39 Å². The molecule has 1 aromatic rings. The van der Waals surface area contributed by atoms with Crippen LogP contribution in [0.5, 0.6) is 0 Å². The van der Waals surface area contributed by atoms with E-state index in [0.717, 1.165) is 23.9 Å². The predicted molar refractivity (Wildman–Crippen MR) is 87.8 cm³/mol. The van der Waals surface area contributed by atoms with Gasteiger partial charge in [0.1, 0.15) is 5.82 Å². The van der Waals surface area contributed by atoms with Gasteiger partial charge in [-0.2, -0.15) is 0 Å². The zero-order valence-electron chi connectivity index (χ0n) is 14.0. The molecule has 0 saturated heterocycles. The van der Waals surface area contributed by atoms with E-state index in [4.69, 9.17) is 0 Å². The van der Waals surface area contributed by atoms with E-state index in [2.05, 4.69) is 26.1 Å². The first-order valence-electron chi connectivity index (χ1n) is 8.52. The molecule has 1 N–H and O–H groups in total. The van der Waals surface area contributed by atoms with Crippen molar-refractivity contribution in [2.45, 2.75) is 59.4 Å². The Hall–Kier alpha value is -0.890. The fraction of sp³-hybridized carbons (Fsp3) is 0.684. The predicted octanol–water partition coefficient (Wildman–Crippen LogP) is 5.25. The average Bonchev–Trinajstić information content (AvgIpc) is 2.46. The first-order chi connectivity index (χ1) is 10.0. The van der Waals surface area contributed by atoms with Crippen LogP contribution in [0.1, 0.15) is 63.6 Å². The van der Waals surface area contributed by atoms with Gasteiger partial charge in [-0.15, -0.1) is 0 Å². The van der Waals surface area contributed by atoms with Crippen molar-refractivity contribution in [3.05, 3.63) is 35.1 Å². The Balaban J connectivity index is 2.12. The second-order valence-electron chi connectivity index (χ2n) is 6.96. The van der Waals surface area contributed by atoms with Crippen LogP contribution in [-0.2, 0) is 0 Å². The third kappa shape index (κ3) is 4.06. The topological polar surface area (TPSA) is 12.0 Å². The van der Waals surface area contributed by atoms with Crippen LogP contribution in [0, 0.1) is 30.5 Å². The van der Waals surface area contributed by atoms with E-state index in [-0.39, 0.29) is 5.82 Å². The van der Waals surface area contributed by atoms with Crippen molar-refractivity contribution in [2.24, 2.45) is 17.8 Å². The maximum Gasteiger partial charge on any atom is 0.123 e. The van der Waals surface area contributed by atoms with E-state index >= 15 is 0 Å². The summed E-state index contributed by atoms with van der Waals surface area (Å²) in [6, 6.07) is 5.63. The Labute approximate surface area is 129 Å². The van der Waals surface area contributed by atoms with Crippen molar-refractivity contribution in [3.8, 4) is 0 Å². The molecule has 1 saturated carbocycles. The van der Waals surface area contributed by atoms with E-state index in [1.165, 1.54) is 31.2 Å². The molecule has 1 fully saturated rings. The van der Waals surface area contributed by atoms with Crippen molar-refractivity contribution < 1.29 is 4.39 Å². The first-order valence-corrected chi connectivity index (χ1v) is 8.52. The second-order valence-corrected chi connectivity index (χ2v) is 6.96. The van der Waals surface area contributed by atoms with Crippen molar-refractivity contribution in [1.82, 2.24) is 5.32 Å². The maximum atomic E-state index is 13.4. The van der Waals surface area contributed by atoms with Gasteiger partial charge in [-0.25, -0.2) is 4.39 Å². The van der Waals surface area contributed by atoms with Crippen LogP contribution in [0.3, 0.4) is 0 Å². The van der Waals surface area contributed by atoms with Gasteiger partial charge in [-0.05, 0) is 80.2 Å². The molecule has 0 bridgehead atoms. The Morgan fingerprint density at radius 1 is 1.14 bits per heavy atom. The van der Waals surface area contributed by atoms with Crippen LogP contribution in [-0.4, -0.2) is 6.54 Å². The zero-order chi connectivity index (χ0) is 15.4. The van der Waals surface area contributed by atoms with Crippen LogP contribution in [0.25, 0.3) is 0 Å². The molecule has 0 radical (unpaired) electrons. The van der Waals surface area contributed by atoms with Crippen molar-refractivity contribution in [1.29, 1.82) is 0 Å². The van der Waals surface area contributed by atoms with Crippen LogP contribution in [0.2, 0.25) is 0 Å². The summed E-state index contributed by atoms with van der Waals surface area (Å²) in [4.78, 5) is 0. The minimum atomic E-state index is -0.130. The number of hydrogen-bond donors (Lipinski definition) is 1. The van der Waals surface area contributed by atoms with Gasteiger partial charge in [0.15, 0.2) is 0 Å². The summed E-state index contributed by atoms with van der Waals surface area (Å²) in [6.07, 6.45) is 5.25. The number of benzene rings is 1. The van der Waals surface area contributed by atoms with Gasteiger partial charge in [0.25, 0.3) is 0 Å². The molecule has 118 valence electrons. The van der Waals surface area contributed by atoms with Crippen LogP contribution < -0.4 is 5.32 Å². The SMILES string of the molecule is CCNC(c1ccc(F)cc1C)C1CCC(C(C)C)CC1. The molecule has 0 aromatic heterocycles. The van der Waals surface area contributed by atoms with E-state index in [0.29, 0.717) is 12.0 Å². The Morgan fingerprint density at radius 3 is 2.29 bits per heavy atom. The molecule has 0 aliphatic heterocycles. The fourth-order valence-electron chi connectivity index (χ4n) is 3.88. The van der Waals surface area contributed by atoms with Gasteiger partial charge in [0, 0.05) is 6.04 Å². The highest BCUT2D eigenvalue weighted by Gasteiger charge is 2.29. The van der Waals surface area contributed by atoms with Gasteiger partial charge in [0.05, 0.1) is 0 Å². The molecular weight excluding hydrogens is 261 g/mol. The summed E-state index contributed by atoms with van der Waals surface area (Å²) in [7, 11) is 0. The third-order valence-corrected chi connectivity index (χ3v) is 5.22. The van der Waals surface area contributed by atoms with Gasteiger partial charge in [-0.1, -0.05) is 26.8 Å². The minimum absolute atomic E-state index is 0.130. The zero-order valence-corrected chi connectivity index (χ0v) is 14.0. The highest BCUT2D eigenvalue weighted by molar-refractivity contribution is 5.30. The van der Waals surface area contributed by atoms with Crippen LogP contribution in [0.15, 0.2) is 18.2 Å². The molecule has 2 rings (SSSR count). The van der Waals surface area contributed by atoms with Crippen molar-refractivity contribution in [2.75, 3.05) is 6.54 Å². The molecule has 1 aliphatic carbocycles. The molecule has 1 aliphatic rings. The molecule has 0 heterocycles. The molecule has 1 aromatic carbocycles. The quantitative estimate of drug-likeness (QED) is 0.781. The largest absolute Gasteiger partial charge is 0.310 e. The summed E-state index contributed by atoms with van der Waals surface area (Å²) >= 11 is 0. The summed E-state index contributed by atoms with van der Waals surface area (Å²) < 4.78 is 13.4. The van der Waals surface area contributed by atoms with E-state index < -0.39 is 0 Å². The monoisotopic (exact) mass is 291 g/mol. The lowest BCUT2D eigenvalue weighted by Gasteiger charge is -2.36. The number of rotatable bonds is 5. The lowest BCUT2D eigenvalue weighted by molar-refractivity contribution is 0.189. The standard InChI is InChI=1S/C19H30FN/c1-5-21-19(18-11-10-17(20)12-14(18)4)16-8-6-15(7-9-16)13(2)3/h10-13,15-16,19,21H,5-9H2,1-4H3. The van der Waals surface area contributed by atoms with Gasteiger partial charge >= 0.3 is 0 Å². The molecule has 0 amide bonds.